The number of likely N-dealkylation sites (N-methyl/N-ethyl adjacent to an activating group) is 1. The number of nitrogen functional groups attached to an aromatic ring is 1. The fourth-order valence-electron chi connectivity index (χ4n) is 2.56. The van der Waals surface area contributed by atoms with Crippen LogP contribution in [0, 0.1) is 0 Å². The summed E-state index contributed by atoms with van der Waals surface area (Å²) in [6, 6.07) is 0. The van der Waals surface area contributed by atoms with Gasteiger partial charge in [0.15, 0.2) is 11.5 Å². The maximum absolute atomic E-state index is 11.2. The molecule has 0 spiro atoms. The monoisotopic (exact) mass is 312 g/mol. The van der Waals surface area contributed by atoms with E-state index in [9.17, 15) is 4.57 Å². The number of hydrogen-bond acceptors (Lipinski definition) is 6. The Bertz CT molecular complexity index is 722. The minimum absolute atomic E-state index is 0.253. The van der Waals surface area contributed by atoms with E-state index in [1.54, 1.807) is 18.3 Å². The first-order valence-corrected chi connectivity index (χ1v) is 8.28. The van der Waals surface area contributed by atoms with Gasteiger partial charge in [-0.3, -0.25) is 9.46 Å². The fourth-order valence-corrected chi connectivity index (χ4v) is 3.42. The van der Waals surface area contributed by atoms with E-state index in [0.717, 1.165) is 12.8 Å². The van der Waals surface area contributed by atoms with Crippen molar-refractivity contribution in [2.45, 2.75) is 24.9 Å². The molecule has 114 valence electrons. The topological polar surface area (TPSA) is 130 Å². The molecule has 0 unspecified atom stereocenters. The molecule has 10 heteroatoms. The average molecular weight is 312 g/mol. The van der Waals surface area contributed by atoms with E-state index in [1.807, 2.05) is 4.57 Å². The molecular formula is C11H17N6O3P. The Kier molecular flexibility index (Phi) is 3.25. The zero-order chi connectivity index (χ0) is 15.3. The van der Waals surface area contributed by atoms with Crippen LogP contribution in [0.25, 0.3) is 11.2 Å². The van der Waals surface area contributed by atoms with Crippen LogP contribution >= 0.6 is 7.60 Å². The van der Waals surface area contributed by atoms with Crippen molar-refractivity contribution in [1.29, 1.82) is 0 Å². The van der Waals surface area contributed by atoms with E-state index >= 15 is 0 Å². The largest absolute Gasteiger partial charge is 0.382 e. The number of aromatic nitrogens is 4. The van der Waals surface area contributed by atoms with E-state index in [-0.39, 0.29) is 11.8 Å². The summed E-state index contributed by atoms with van der Waals surface area (Å²) in [4.78, 5) is 32.3. The first-order chi connectivity index (χ1) is 9.81. The third kappa shape index (κ3) is 2.77. The highest BCUT2D eigenvalue weighted by atomic mass is 31.2. The van der Waals surface area contributed by atoms with Crippen LogP contribution in [-0.2, 0) is 11.1 Å². The fraction of sp³-hybridized carbons (Fsp3) is 0.545. The molecule has 0 aromatic carbocycles. The van der Waals surface area contributed by atoms with Gasteiger partial charge < -0.3 is 20.1 Å². The molecule has 0 aliphatic heterocycles. The Morgan fingerprint density at radius 2 is 2.14 bits per heavy atom. The summed E-state index contributed by atoms with van der Waals surface area (Å²) in [5, 5.41) is 0. The molecule has 1 aliphatic rings. The summed E-state index contributed by atoms with van der Waals surface area (Å²) in [7, 11) is -2.34. The summed E-state index contributed by atoms with van der Waals surface area (Å²) in [5.41, 5.74) is 6.68. The Labute approximate surface area is 121 Å². The minimum atomic E-state index is -4.07. The van der Waals surface area contributed by atoms with Crippen molar-refractivity contribution < 1.29 is 14.4 Å². The predicted octanol–water partition coefficient (Wildman–Crippen LogP) is 0.00810. The summed E-state index contributed by atoms with van der Waals surface area (Å²) in [6.45, 7) is 0.566. The molecule has 0 radical (unpaired) electrons. The van der Waals surface area contributed by atoms with Crippen molar-refractivity contribution in [2.24, 2.45) is 0 Å². The molecule has 3 rings (SSSR count). The summed E-state index contributed by atoms with van der Waals surface area (Å²) in [6.07, 6.45) is 4.53. The van der Waals surface area contributed by atoms with E-state index in [4.69, 9.17) is 15.5 Å². The molecule has 2 aromatic heterocycles. The van der Waals surface area contributed by atoms with Gasteiger partial charge in [0.2, 0.25) is 0 Å². The lowest BCUT2D eigenvalue weighted by Gasteiger charge is -2.28. The Morgan fingerprint density at radius 1 is 1.43 bits per heavy atom. The molecule has 1 fully saturated rings. The van der Waals surface area contributed by atoms with Gasteiger partial charge in [0.25, 0.3) is 0 Å². The van der Waals surface area contributed by atoms with Crippen LogP contribution in [0.4, 0.5) is 5.82 Å². The molecule has 21 heavy (non-hydrogen) atoms. The second-order valence-electron chi connectivity index (χ2n) is 5.53. The smallest absolute Gasteiger partial charge is 0.339 e. The van der Waals surface area contributed by atoms with Crippen LogP contribution in [0.1, 0.15) is 12.8 Å². The van der Waals surface area contributed by atoms with Gasteiger partial charge in [-0.15, -0.1) is 0 Å². The Hall–Kier alpha value is -1.54. The summed E-state index contributed by atoms with van der Waals surface area (Å²) in [5.74, 6) is 0.326. The van der Waals surface area contributed by atoms with Gasteiger partial charge >= 0.3 is 7.60 Å². The standard InChI is InChI=1S/C11H17N6O3P/c1-16(7-21(18,19)20)11(2-3-11)4-17-6-15-8-9(12)13-5-14-10(8)17/h5-6H,2-4,7H2,1H3,(H2,12,13,14)(H2,18,19,20). The van der Waals surface area contributed by atoms with Gasteiger partial charge in [-0.1, -0.05) is 0 Å². The maximum Gasteiger partial charge on any atom is 0.339 e. The lowest BCUT2D eigenvalue weighted by atomic mass is 10.2. The number of hydrogen-bond donors (Lipinski definition) is 3. The summed E-state index contributed by atoms with van der Waals surface area (Å²) < 4.78 is 13.0. The van der Waals surface area contributed by atoms with E-state index in [1.165, 1.54) is 6.33 Å². The van der Waals surface area contributed by atoms with Crippen LogP contribution in [0.15, 0.2) is 12.7 Å². The molecule has 0 atom stereocenters. The number of fused-ring (bicyclic) bond motifs is 1. The van der Waals surface area contributed by atoms with Crippen LogP contribution in [0.5, 0.6) is 0 Å². The molecule has 2 heterocycles. The number of nitrogens with zero attached hydrogens (tertiary/aromatic N) is 5. The molecule has 0 amide bonds. The van der Waals surface area contributed by atoms with Crippen molar-refractivity contribution in [3.8, 4) is 0 Å². The van der Waals surface area contributed by atoms with E-state index in [0.29, 0.717) is 23.5 Å². The quantitative estimate of drug-likeness (QED) is 0.658. The highest BCUT2D eigenvalue weighted by Crippen LogP contribution is 2.47. The second kappa shape index (κ2) is 4.74. The molecule has 1 aliphatic carbocycles. The first kappa shape index (κ1) is 14.4. The van der Waals surface area contributed by atoms with Gasteiger partial charge in [0.05, 0.1) is 6.33 Å². The Balaban J connectivity index is 1.85. The number of nitrogens with two attached hydrogens (primary N) is 1. The number of anilines is 1. The van der Waals surface area contributed by atoms with Crippen molar-refractivity contribution in [3.05, 3.63) is 12.7 Å². The zero-order valence-corrected chi connectivity index (χ0v) is 12.4. The molecule has 1 saturated carbocycles. The molecule has 0 bridgehead atoms. The highest BCUT2D eigenvalue weighted by Gasteiger charge is 2.48. The Morgan fingerprint density at radius 3 is 2.76 bits per heavy atom. The SMILES string of the molecule is CN(CP(=O)(O)O)C1(Cn2cnc3c(N)ncnc32)CC1. The van der Waals surface area contributed by atoms with Crippen LogP contribution in [-0.4, -0.2) is 53.1 Å². The molecular weight excluding hydrogens is 295 g/mol. The molecule has 0 saturated heterocycles. The molecule has 4 N–H and O–H groups in total. The lowest BCUT2D eigenvalue weighted by Crippen LogP contribution is -2.38. The third-order valence-electron chi connectivity index (χ3n) is 3.93. The minimum Gasteiger partial charge on any atom is -0.382 e. The van der Waals surface area contributed by atoms with Gasteiger partial charge in [-0.05, 0) is 19.9 Å². The van der Waals surface area contributed by atoms with Crippen molar-refractivity contribution in [3.63, 3.8) is 0 Å². The highest BCUT2D eigenvalue weighted by molar-refractivity contribution is 7.51. The van der Waals surface area contributed by atoms with Gasteiger partial charge in [0.1, 0.15) is 18.1 Å². The average Bonchev–Trinajstić information content (AvgIpc) is 3.04. The maximum atomic E-state index is 11.2. The predicted molar refractivity (Wildman–Crippen MR) is 76.4 cm³/mol. The number of rotatable bonds is 5. The zero-order valence-electron chi connectivity index (χ0n) is 11.5. The van der Waals surface area contributed by atoms with Gasteiger partial charge in [-0.2, -0.15) is 0 Å². The van der Waals surface area contributed by atoms with Crippen molar-refractivity contribution in [2.75, 3.05) is 19.1 Å². The number of imidazole rings is 1. The second-order valence-corrected chi connectivity index (χ2v) is 7.14. The van der Waals surface area contributed by atoms with Crippen molar-refractivity contribution in [1.82, 2.24) is 24.4 Å². The van der Waals surface area contributed by atoms with Crippen LogP contribution in [0.2, 0.25) is 0 Å². The van der Waals surface area contributed by atoms with E-state index < -0.39 is 7.60 Å². The van der Waals surface area contributed by atoms with Crippen molar-refractivity contribution >= 4 is 24.6 Å². The first-order valence-electron chi connectivity index (χ1n) is 6.48. The van der Waals surface area contributed by atoms with Gasteiger partial charge in [0, 0.05) is 12.1 Å². The molecule has 9 nitrogen and oxygen atoms in total. The molecule has 2 aromatic rings. The van der Waals surface area contributed by atoms with E-state index in [2.05, 4.69) is 15.0 Å². The third-order valence-corrected chi connectivity index (χ3v) is 4.72. The normalized spacial score (nSPS) is 17.5. The lowest BCUT2D eigenvalue weighted by molar-refractivity contribution is 0.211. The van der Waals surface area contributed by atoms with Gasteiger partial charge in [-0.25, -0.2) is 15.0 Å². The summed E-state index contributed by atoms with van der Waals surface area (Å²) >= 11 is 0. The van der Waals surface area contributed by atoms with Crippen LogP contribution < -0.4 is 5.73 Å². The van der Waals surface area contributed by atoms with Crippen LogP contribution in [0.3, 0.4) is 0 Å².